The summed E-state index contributed by atoms with van der Waals surface area (Å²) >= 11 is 13.6. The van der Waals surface area contributed by atoms with Gasteiger partial charge >= 0.3 is 0 Å². The third kappa shape index (κ3) is 5.01. The van der Waals surface area contributed by atoms with Crippen LogP contribution in [0.1, 0.15) is 36.5 Å². The zero-order chi connectivity index (χ0) is 20.1. The lowest BCUT2D eigenvalue weighted by molar-refractivity contribution is 0.0933. The van der Waals surface area contributed by atoms with E-state index in [2.05, 4.69) is 25.6 Å². The maximum Gasteiger partial charge on any atom is 0.274 e. The second-order valence-corrected chi connectivity index (χ2v) is 7.84. The summed E-state index contributed by atoms with van der Waals surface area (Å²) in [4.78, 5) is 21.1. The monoisotopic (exact) mass is 436 g/mol. The number of rotatable bonds is 7. The number of amides is 1. The molecule has 2 heterocycles. The summed E-state index contributed by atoms with van der Waals surface area (Å²) in [6, 6.07) is 6.83. The number of benzene rings is 1. The molecule has 0 saturated carbocycles. The number of nitrogens with one attached hydrogen (secondary N) is 1. The highest BCUT2D eigenvalue weighted by Gasteiger charge is 2.22. The first-order valence-electron chi connectivity index (χ1n) is 8.59. The minimum Gasteiger partial charge on any atom is -0.348 e. The van der Waals surface area contributed by atoms with Crippen LogP contribution >= 0.6 is 35.0 Å². The van der Waals surface area contributed by atoms with Crippen molar-refractivity contribution in [2.45, 2.75) is 37.2 Å². The Labute approximate surface area is 176 Å². The van der Waals surface area contributed by atoms with Crippen LogP contribution in [0.25, 0.3) is 5.69 Å². The molecule has 10 heteroatoms. The van der Waals surface area contributed by atoms with Gasteiger partial charge in [0.1, 0.15) is 0 Å². The van der Waals surface area contributed by atoms with E-state index in [-0.39, 0.29) is 17.6 Å². The van der Waals surface area contributed by atoms with Gasteiger partial charge < -0.3 is 5.32 Å². The Hall–Kier alpha value is -2.16. The van der Waals surface area contributed by atoms with Gasteiger partial charge in [0.15, 0.2) is 10.9 Å². The summed E-state index contributed by atoms with van der Waals surface area (Å²) < 4.78 is 1.57. The smallest absolute Gasteiger partial charge is 0.274 e. The second-order valence-electron chi connectivity index (χ2n) is 6.03. The van der Waals surface area contributed by atoms with Crippen molar-refractivity contribution in [3.63, 3.8) is 0 Å². The first-order valence-corrected chi connectivity index (χ1v) is 10.3. The van der Waals surface area contributed by atoms with Crippen molar-refractivity contribution < 1.29 is 4.79 Å². The third-order valence-corrected chi connectivity index (χ3v) is 5.26. The maximum absolute atomic E-state index is 12.7. The molecule has 3 rings (SSSR count). The fourth-order valence-corrected chi connectivity index (χ4v) is 3.67. The van der Waals surface area contributed by atoms with Gasteiger partial charge in [-0.05, 0) is 37.6 Å². The van der Waals surface area contributed by atoms with Gasteiger partial charge in [-0.25, -0.2) is 14.6 Å². The number of hydrogen-bond acceptors (Lipinski definition) is 6. The Morgan fingerprint density at radius 1 is 1.21 bits per heavy atom. The Bertz CT molecular complexity index is 946. The SMILES string of the molecule is CCC(C)NC(=O)c1nnn(-c2cc(Cl)cc(Cl)c2)c1CSc1ncccn1. The van der Waals surface area contributed by atoms with E-state index in [4.69, 9.17) is 23.2 Å². The molecule has 28 heavy (non-hydrogen) atoms. The van der Waals surface area contributed by atoms with Crippen molar-refractivity contribution in [2.24, 2.45) is 0 Å². The van der Waals surface area contributed by atoms with E-state index in [0.29, 0.717) is 32.3 Å². The number of aromatic nitrogens is 5. The molecule has 2 aromatic heterocycles. The molecule has 0 aliphatic rings. The van der Waals surface area contributed by atoms with Crippen molar-refractivity contribution in [1.29, 1.82) is 0 Å². The lowest BCUT2D eigenvalue weighted by Gasteiger charge is -2.12. The highest BCUT2D eigenvalue weighted by Crippen LogP contribution is 2.26. The summed E-state index contributed by atoms with van der Waals surface area (Å²) in [6.45, 7) is 3.94. The number of halogens is 2. The van der Waals surface area contributed by atoms with Crippen LogP contribution in [0.3, 0.4) is 0 Å². The summed E-state index contributed by atoms with van der Waals surface area (Å²) in [6.07, 6.45) is 4.14. The topological polar surface area (TPSA) is 85.6 Å². The highest BCUT2D eigenvalue weighted by atomic mass is 35.5. The summed E-state index contributed by atoms with van der Waals surface area (Å²) in [7, 11) is 0. The van der Waals surface area contributed by atoms with Crippen molar-refractivity contribution in [3.05, 3.63) is 58.1 Å². The molecular formula is C18H18Cl2N6OS. The van der Waals surface area contributed by atoms with Crippen molar-refractivity contribution >= 4 is 40.9 Å². The third-order valence-electron chi connectivity index (χ3n) is 3.94. The molecule has 1 amide bonds. The quantitative estimate of drug-likeness (QED) is 0.441. The number of thioether (sulfide) groups is 1. The molecular weight excluding hydrogens is 419 g/mol. The lowest BCUT2D eigenvalue weighted by atomic mass is 10.2. The largest absolute Gasteiger partial charge is 0.348 e. The van der Waals surface area contributed by atoms with E-state index in [1.165, 1.54) is 11.8 Å². The molecule has 1 aromatic carbocycles. The second kappa shape index (κ2) is 9.36. The van der Waals surface area contributed by atoms with Crippen LogP contribution in [0.4, 0.5) is 0 Å². The normalized spacial score (nSPS) is 12.0. The van der Waals surface area contributed by atoms with Crippen molar-refractivity contribution in [1.82, 2.24) is 30.3 Å². The zero-order valence-corrected chi connectivity index (χ0v) is 17.6. The molecule has 7 nitrogen and oxygen atoms in total. The Morgan fingerprint density at radius 3 is 2.54 bits per heavy atom. The maximum atomic E-state index is 12.7. The van der Waals surface area contributed by atoms with Crippen LogP contribution in [-0.4, -0.2) is 36.9 Å². The Morgan fingerprint density at radius 2 is 1.89 bits per heavy atom. The highest BCUT2D eigenvalue weighted by molar-refractivity contribution is 7.98. The van der Waals surface area contributed by atoms with Crippen LogP contribution in [0.5, 0.6) is 0 Å². The van der Waals surface area contributed by atoms with Gasteiger partial charge in [-0.15, -0.1) is 5.10 Å². The predicted octanol–water partition coefficient (Wildman–Crippen LogP) is 4.18. The standard InChI is InChI=1S/C18H18Cl2N6OS/c1-3-11(2)23-17(27)16-15(10-28-18-21-5-4-6-22-18)26(25-24-16)14-8-12(19)7-13(20)9-14/h4-9,11H,3,10H2,1-2H3,(H,23,27). The van der Waals surface area contributed by atoms with Gasteiger partial charge in [0.25, 0.3) is 5.91 Å². The molecule has 1 N–H and O–H groups in total. The number of carbonyl (C=O) groups is 1. The molecule has 1 unspecified atom stereocenters. The minimum absolute atomic E-state index is 0.0243. The molecule has 3 aromatic rings. The number of hydrogen-bond donors (Lipinski definition) is 1. The zero-order valence-electron chi connectivity index (χ0n) is 15.3. The van der Waals surface area contributed by atoms with E-state index in [1.54, 1.807) is 41.3 Å². The van der Waals surface area contributed by atoms with Gasteiger partial charge in [0.2, 0.25) is 0 Å². The molecule has 0 spiro atoms. The first-order chi connectivity index (χ1) is 13.5. The van der Waals surface area contributed by atoms with Gasteiger partial charge in [-0.3, -0.25) is 4.79 Å². The first kappa shape index (κ1) is 20.6. The fourth-order valence-electron chi connectivity index (χ4n) is 2.36. The molecule has 146 valence electrons. The Balaban J connectivity index is 1.98. The molecule has 1 atom stereocenters. The summed E-state index contributed by atoms with van der Waals surface area (Å²) in [5.74, 6) is 0.114. The van der Waals surface area contributed by atoms with Gasteiger partial charge in [0, 0.05) is 34.2 Å². The number of carbonyl (C=O) groups excluding carboxylic acids is 1. The average Bonchev–Trinajstić information content (AvgIpc) is 3.10. The lowest BCUT2D eigenvalue weighted by Crippen LogP contribution is -2.32. The molecule has 0 bridgehead atoms. The van der Waals surface area contributed by atoms with Crippen molar-refractivity contribution in [2.75, 3.05) is 0 Å². The van der Waals surface area contributed by atoms with Gasteiger partial charge in [-0.2, -0.15) is 0 Å². The van der Waals surface area contributed by atoms with E-state index < -0.39 is 0 Å². The molecule has 0 radical (unpaired) electrons. The Kier molecular flexibility index (Phi) is 6.88. The van der Waals surface area contributed by atoms with Crippen LogP contribution < -0.4 is 5.32 Å². The van der Waals surface area contributed by atoms with Crippen LogP contribution in [0, 0.1) is 0 Å². The van der Waals surface area contributed by atoms with E-state index in [0.717, 1.165) is 6.42 Å². The average molecular weight is 437 g/mol. The van der Waals surface area contributed by atoms with E-state index in [1.807, 2.05) is 13.8 Å². The van der Waals surface area contributed by atoms with E-state index >= 15 is 0 Å². The fraction of sp³-hybridized carbons (Fsp3) is 0.278. The van der Waals surface area contributed by atoms with Crippen LogP contribution in [-0.2, 0) is 5.75 Å². The summed E-state index contributed by atoms with van der Waals surface area (Å²) in [5, 5.41) is 12.7. The minimum atomic E-state index is -0.279. The van der Waals surface area contributed by atoms with Crippen molar-refractivity contribution in [3.8, 4) is 5.69 Å². The summed E-state index contributed by atoms with van der Waals surface area (Å²) in [5.41, 5.74) is 1.48. The van der Waals surface area contributed by atoms with Gasteiger partial charge in [0.05, 0.1) is 11.4 Å². The molecule has 0 fully saturated rings. The molecule has 0 aliphatic heterocycles. The molecule has 0 aliphatic carbocycles. The predicted molar refractivity (Wildman–Crippen MR) is 110 cm³/mol. The number of nitrogens with zero attached hydrogens (tertiary/aromatic N) is 5. The van der Waals surface area contributed by atoms with Gasteiger partial charge in [-0.1, -0.05) is 47.1 Å². The van der Waals surface area contributed by atoms with E-state index in [9.17, 15) is 4.79 Å². The van der Waals surface area contributed by atoms with Crippen LogP contribution in [0.2, 0.25) is 10.0 Å². The molecule has 0 saturated heterocycles. The van der Waals surface area contributed by atoms with Crippen LogP contribution in [0.15, 0.2) is 41.8 Å².